The van der Waals surface area contributed by atoms with Crippen molar-refractivity contribution in [3.05, 3.63) is 51.5 Å². The van der Waals surface area contributed by atoms with Gasteiger partial charge < -0.3 is 9.80 Å². The van der Waals surface area contributed by atoms with Crippen LogP contribution in [0, 0.1) is 6.92 Å². The number of piperazine rings is 1. The van der Waals surface area contributed by atoms with Crippen molar-refractivity contribution >= 4 is 23.2 Å². The zero-order chi connectivity index (χ0) is 19.4. The minimum Gasteiger partial charge on any atom is -0.348 e. The topological polar surface area (TPSA) is 56.8 Å². The average Bonchev–Trinajstić information content (AvgIpc) is 3.02. The first-order chi connectivity index (χ1) is 12.9. The highest BCUT2D eigenvalue weighted by Gasteiger charge is 2.26. The molecule has 0 N–H and O–H groups in total. The Balaban J connectivity index is 1.59. The normalized spacial score (nSPS) is 15.0. The quantitative estimate of drug-likeness (QED) is 0.787. The van der Waals surface area contributed by atoms with E-state index < -0.39 is 0 Å². The maximum atomic E-state index is 12.9. The molecular weight excluding hydrogens is 360 g/mol. The van der Waals surface area contributed by atoms with Gasteiger partial charge in [-0.25, -0.2) is 4.98 Å². The summed E-state index contributed by atoms with van der Waals surface area (Å²) in [5, 5.41) is 0.970. The molecule has 2 aromatic rings. The summed E-state index contributed by atoms with van der Waals surface area (Å²) in [6, 6.07) is 10.2. The van der Waals surface area contributed by atoms with E-state index in [4.69, 9.17) is 0 Å². The molecule has 3 rings (SSSR count). The number of thiazole rings is 1. The van der Waals surface area contributed by atoms with Gasteiger partial charge in [-0.05, 0) is 12.5 Å². The number of benzene rings is 1. The standard InChI is InChI=1S/C20H26N4O2S/c1-15-19(27-17(21-15)13-16-7-5-4-6-8-16)20(26)24-11-9-23(10-12-24)14-18(25)22(2)3/h4-8H,9-14H2,1-3H3. The maximum Gasteiger partial charge on any atom is 0.265 e. The van der Waals surface area contributed by atoms with Crippen molar-refractivity contribution in [3.8, 4) is 0 Å². The Kier molecular flexibility index (Phi) is 6.23. The number of hydrogen-bond donors (Lipinski definition) is 0. The fourth-order valence-electron chi connectivity index (χ4n) is 3.08. The molecule has 0 bridgehead atoms. The van der Waals surface area contributed by atoms with Gasteiger partial charge in [0, 0.05) is 46.7 Å². The fraction of sp³-hybridized carbons (Fsp3) is 0.450. The van der Waals surface area contributed by atoms with Gasteiger partial charge in [-0.15, -0.1) is 11.3 Å². The monoisotopic (exact) mass is 386 g/mol. The summed E-state index contributed by atoms with van der Waals surface area (Å²) in [6.45, 7) is 5.05. The van der Waals surface area contributed by atoms with Crippen LogP contribution in [0.2, 0.25) is 0 Å². The van der Waals surface area contributed by atoms with E-state index in [0.717, 1.165) is 35.1 Å². The molecule has 0 unspecified atom stereocenters. The number of rotatable bonds is 5. The van der Waals surface area contributed by atoms with Crippen LogP contribution in [0.1, 0.15) is 25.9 Å². The summed E-state index contributed by atoms with van der Waals surface area (Å²) in [4.78, 5) is 35.7. The molecule has 27 heavy (non-hydrogen) atoms. The molecule has 0 aliphatic carbocycles. The first kappa shape index (κ1) is 19.5. The van der Waals surface area contributed by atoms with Crippen LogP contribution in [0.3, 0.4) is 0 Å². The van der Waals surface area contributed by atoms with Crippen molar-refractivity contribution in [1.82, 2.24) is 19.7 Å². The van der Waals surface area contributed by atoms with Crippen LogP contribution >= 0.6 is 11.3 Å². The molecule has 7 heteroatoms. The second kappa shape index (κ2) is 8.63. The summed E-state index contributed by atoms with van der Waals surface area (Å²) in [7, 11) is 3.53. The molecule has 1 aromatic heterocycles. The predicted molar refractivity (Wildman–Crippen MR) is 107 cm³/mol. The lowest BCUT2D eigenvalue weighted by molar-refractivity contribution is -0.130. The summed E-state index contributed by atoms with van der Waals surface area (Å²) >= 11 is 1.49. The molecule has 1 aromatic carbocycles. The van der Waals surface area contributed by atoms with E-state index in [0.29, 0.717) is 19.6 Å². The Labute approximate surface area is 164 Å². The highest BCUT2D eigenvalue weighted by molar-refractivity contribution is 7.13. The van der Waals surface area contributed by atoms with E-state index in [1.165, 1.54) is 16.9 Å². The van der Waals surface area contributed by atoms with Crippen molar-refractivity contribution < 1.29 is 9.59 Å². The number of carbonyl (C=O) groups excluding carboxylic acids is 2. The fourth-order valence-corrected chi connectivity index (χ4v) is 4.15. The first-order valence-corrected chi connectivity index (χ1v) is 9.97. The van der Waals surface area contributed by atoms with E-state index in [2.05, 4.69) is 22.0 Å². The van der Waals surface area contributed by atoms with Crippen LogP contribution < -0.4 is 0 Å². The van der Waals surface area contributed by atoms with E-state index >= 15 is 0 Å². The van der Waals surface area contributed by atoms with E-state index in [1.54, 1.807) is 19.0 Å². The van der Waals surface area contributed by atoms with Crippen LogP contribution in [0.15, 0.2) is 30.3 Å². The lowest BCUT2D eigenvalue weighted by Crippen LogP contribution is -2.51. The molecule has 2 amide bonds. The number of hydrogen-bond acceptors (Lipinski definition) is 5. The third-order valence-corrected chi connectivity index (χ3v) is 5.90. The van der Waals surface area contributed by atoms with Gasteiger partial charge in [0.25, 0.3) is 5.91 Å². The Morgan fingerprint density at radius 1 is 1.11 bits per heavy atom. The van der Waals surface area contributed by atoms with Gasteiger partial charge in [-0.1, -0.05) is 30.3 Å². The minimum absolute atomic E-state index is 0.0582. The number of aromatic nitrogens is 1. The summed E-state index contributed by atoms with van der Waals surface area (Å²) in [5.74, 6) is 0.154. The van der Waals surface area contributed by atoms with Crippen molar-refractivity contribution in [3.63, 3.8) is 0 Å². The number of amides is 2. The largest absolute Gasteiger partial charge is 0.348 e. The number of likely N-dealkylation sites (N-methyl/N-ethyl adjacent to an activating group) is 1. The van der Waals surface area contributed by atoms with Crippen LogP contribution in [-0.4, -0.2) is 78.3 Å². The SMILES string of the molecule is Cc1nc(Cc2ccccc2)sc1C(=O)N1CCN(CC(=O)N(C)C)CC1. The van der Waals surface area contributed by atoms with Gasteiger partial charge in [0.05, 0.1) is 17.2 Å². The Bertz CT molecular complexity index is 796. The molecule has 0 spiro atoms. The average molecular weight is 387 g/mol. The molecule has 1 fully saturated rings. The molecule has 0 radical (unpaired) electrons. The molecule has 1 aliphatic heterocycles. The lowest BCUT2D eigenvalue weighted by atomic mass is 10.2. The molecule has 2 heterocycles. The smallest absolute Gasteiger partial charge is 0.265 e. The summed E-state index contributed by atoms with van der Waals surface area (Å²) in [6.07, 6.45) is 0.750. The first-order valence-electron chi connectivity index (χ1n) is 9.16. The second-order valence-corrected chi connectivity index (χ2v) is 8.12. The third-order valence-electron chi connectivity index (χ3n) is 4.75. The van der Waals surface area contributed by atoms with E-state index in [9.17, 15) is 9.59 Å². The molecule has 0 atom stereocenters. The Morgan fingerprint density at radius 2 is 1.78 bits per heavy atom. The molecule has 1 saturated heterocycles. The minimum atomic E-state index is 0.0582. The number of carbonyl (C=O) groups is 2. The van der Waals surface area contributed by atoms with E-state index in [1.807, 2.05) is 30.0 Å². The zero-order valence-corrected chi connectivity index (χ0v) is 17.0. The number of nitrogens with zero attached hydrogens (tertiary/aromatic N) is 4. The molecule has 144 valence electrons. The van der Waals surface area contributed by atoms with Gasteiger partial charge >= 0.3 is 0 Å². The van der Waals surface area contributed by atoms with Crippen molar-refractivity contribution in [2.24, 2.45) is 0 Å². The molecule has 1 aliphatic rings. The van der Waals surface area contributed by atoms with Crippen molar-refractivity contribution in [2.45, 2.75) is 13.3 Å². The maximum absolute atomic E-state index is 12.9. The highest BCUT2D eigenvalue weighted by Crippen LogP contribution is 2.23. The number of aryl methyl sites for hydroxylation is 1. The molecular formula is C20H26N4O2S. The van der Waals surface area contributed by atoms with Crippen molar-refractivity contribution in [1.29, 1.82) is 0 Å². The zero-order valence-electron chi connectivity index (χ0n) is 16.1. The predicted octanol–water partition coefficient (Wildman–Crippen LogP) is 1.89. The van der Waals surface area contributed by atoms with Gasteiger partial charge in [-0.3, -0.25) is 14.5 Å². The van der Waals surface area contributed by atoms with Crippen LogP contribution in [0.25, 0.3) is 0 Å². The van der Waals surface area contributed by atoms with E-state index in [-0.39, 0.29) is 11.8 Å². The Morgan fingerprint density at radius 3 is 2.41 bits per heavy atom. The van der Waals surface area contributed by atoms with Crippen LogP contribution in [0.4, 0.5) is 0 Å². The Hall–Kier alpha value is -2.25. The van der Waals surface area contributed by atoms with Crippen molar-refractivity contribution in [2.75, 3.05) is 46.8 Å². The van der Waals surface area contributed by atoms with Gasteiger partial charge in [-0.2, -0.15) is 0 Å². The van der Waals surface area contributed by atoms with Gasteiger partial charge in [0.15, 0.2) is 0 Å². The summed E-state index contributed by atoms with van der Waals surface area (Å²) < 4.78 is 0. The van der Waals surface area contributed by atoms with Crippen LogP contribution in [0.5, 0.6) is 0 Å². The van der Waals surface area contributed by atoms with Gasteiger partial charge in [0.1, 0.15) is 4.88 Å². The summed E-state index contributed by atoms with van der Waals surface area (Å²) in [5.41, 5.74) is 2.01. The second-order valence-electron chi connectivity index (χ2n) is 7.04. The van der Waals surface area contributed by atoms with Gasteiger partial charge in [0.2, 0.25) is 5.91 Å². The highest BCUT2D eigenvalue weighted by atomic mass is 32.1. The lowest BCUT2D eigenvalue weighted by Gasteiger charge is -2.34. The molecule has 0 saturated carbocycles. The van der Waals surface area contributed by atoms with Crippen LogP contribution in [-0.2, 0) is 11.2 Å². The third kappa shape index (κ3) is 4.93. The molecule has 6 nitrogen and oxygen atoms in total.